The molecule has 0 bridgehead atoms. The van der Waals surface area contributed by atoms with E-state index in [4.69, 9.17) is 4.74 Å². The van der Waals surface area contributed by atoms with Crippen LogP contribution < -0.4 is 14.4 Å². The Morgan fingerprint density at radius 3 is 2.21 bits per heavy atom. The molecule has 8 heteroatoms. The van der Waals surface area contributed by atoms with Crippen LogP contribution in [0.25, 0.3) is 0 Å². The van der Waals surface area contributed by atoms with E-state index in [-0.39, 0.29) is 41.0 Å². The van der Waals surface area contributed by atoms with E-state index in [0.717, 1.165) is 16.0 Å². The number of amides is 2. The molecule has 1 N–H and O–H groups in total. The van der Waals surface area contributed by atoms with Gasteiger partial charge in [-0.3, -0.25) is 9.59 Å². The van der Waals surface area contributed by atoms with Gasteiger partial charge in [0.2, 0.25) is 21.8 Å². The summed E-state index contributed by atoms with van der Waals surface area (Å²) >= 11 is 0. The van der Waals surface area contributed by atoms with Crippen molar-refractivity contribution in [1.29, 1.82) is 0 Å². The molecule has 0 saturated carbocycles. The minimum Gasteiger partial charge on any atom is -0.495 e. The van der Waals surface area contributed by atoms with Crippen molar-refractivity contribution in [3.8, 4) is 5.75 Å². The van der Waals surface area contributed by atoms with Crippen LogP contribution in [0, 0.1) is 6.92 Å². The van der Waals surface area contributed by atoms with E-state index in [1.807, 2.05) is 31.2 Å². The van der Waals surface area contributed by atoms with Crippen LogP contribution in [0.4, 0.5) is 5.69 Å². The van der Waals surface area contributed by atoms with E-state index >= 15 is 0 Å². The SMILES string of the molecule is COc1ccc(S(=O)(=O)N[C@H](C)c2ccc(C)cc2)cc1N1C(=O)CCC1=O. The van der Waals surface area contributed by atoms with Crippen LogP contribution in [0.1, 0.15) is 36.9 Å². The van der Waals surface area contributed by atoms with Crippen molar-refractivity contribution < 1.29 is 22.7 Å². The first-order valence-electron chi connectivity index (χ1n) is 8.85. The smallest absolute Gasteiger partial charge is 0.241 e. The fraction of sp³-hybridized carbons (Fsp3) is 0.300. The number of methoxy groups -OCH3 is 1. The molecule has 1 heterocycles. The third kappa shape index (κ3) is 3.93. The van der Waals surface area contributed by atoms with Crippen molar-refractivity contribution in [2.75, 3.05) is 12.0 Å². The van der Waals surface area contributed by atoms with Crippen LogP contribution in [-0.4, -0.2) is 27.3 Å². The number of hydrogen-bond acceptors (Lipinski definition) is 5. The van der Waals surface area contributed by atoms with Crippen LogP contribution >= 0.6 is 0 Å². The first kappa shape index (κ1) is 20.0. The number of anilines is 1. The number of nitrogens with one attached hydrogen (secondary N) is 1. The lowest BCUT2D eigenvalue weighted by Gasteiger charge is -2.19. The van der Waals surface area contributed by atoms with Gasteiger partial charge in [-0.05, 0) is 37.6 Å². The predicted octanol–water partition coefficient (Wildman–Crippen LogP) is 2.70. The molecule has 28 heavy (non-hydrogen) atoms. The maximum absolute atomic E-state index is 12.9. The second-order valence-corrected chi connectivity index (χ2v) is 8.42. The van der Waals surface area contributed by atoms with Gasteiger partial charge < -0.3 is 4.74 Å². The molecule has 1 aliphatic heterocycles. The second-order valence-electron chi connectivity index (χ2n) is 6.71. The van der Waals surface area contributed by atoms with Gasteiger partial charge in [-0.15, -0.1) is 0 Å². The number of ether oxygens (including phenoxy) is 1. The Hall–Kier alpha value is -2.71. The minimum absolute atomic E-state index is 0.0465. The van der Waals surface area contributed by atoms with Crippen molar-refractivity contribution in [3.05, 3.63) is 53.6 Å². The molecule has 1 aliphatic rings. The molecule has 148 valence electrons. The van der Waals surface area contributed by atoms with Gasteiger partial charge in [0.1, 0.15) is 5.75 Å². The Bertz CT molecular complexity index is 999. The molecule has 1 saturated heterocycles. The lowest BCUT2D eigenvalue weighted by atomic mass is 10.1. The fourth-order valence-corrected chi connectivity index (χ4v) is 4.33. The van der Waals surface area contributed by atoms with E-state index < -0.39 is 16.1 Å². The van der Waals surface area contributed by atoms with E-state index in [1.54, 1.807) is 6.92 Å². The van der Waals surface area contributed by atoms with Crippen molar-refractivity contribution in [3.63, 3.8) is 0 Å². The molecule has 2 aromatic rings. The minimum atomic E-state index is -3.88. The highest BCUT2D eigenvalue weighted by Crippen LogP contribution is 2.34. The van der Waals surface area contributed by atoms with Crippen LogP contribution in [-0.2, 0) is 19.6 Å². The van der Waals surface area contributed by atoms with Gasteiger partial charge in [-0.2, -0.15) is 0 Å². The van der Waals surface area contributed by atoms with Gasteiger partial charge >= 0.3 is 0 Å². The summed E-state index contributed by atoms with van der Waals surface area (Å²) in [7, 11) is -2.49. The Morgan fingerprint density at radius 2 is 1.64 bits per heavy atom. The molecule has 7 nitrogen and oxygen atoms in total. The Morgan fingerprint density at radius 1 is 1.04 bits per heavy atom. The Balaban J connectivity index is 1.93. The Kier molecular flexibility index (Phi) is 5.53. The monoisotopic (exact) mass is 402 g/mol. The average Bonchev–Trinajstić information content (AvgIpc) is 2.99. The summed E-state index contributed by atoms with van der Waals surface area (Å²) < 4.78 is 33.6. The van der Waals surface area contributed by atoms with Crippen LogP contribution in [0.15, 0.2) is 47.4 Å². The van der Waals surface area contributed by atoms with Crippen LogP contribution in [0.5, 0.6) is 5.75 Å². The number of carbonyl (C=O) groups is 2. The highest BCUT2D eigenvalue weighted by Gasteiger charge is 2.33. The summed E-state index contributed by atoms with van der Waals surface area (Å²) in [5, 5.41) is 0. The zero-order valence-corrected chi connectivity index (χ0v) is 16.7. The molecule has 1 atom stereocenters. The van der Waals surface area contributed by atoms with Crippen LogP contribution in [0.3, 0.4) is 0 Å². The van der Waals surface area contributed by atoms with Gasteiger partial charge in [0.15, 0.2) is 0 Å². The van der Waals surface area contributed by atoms with Crippen LogP contribution in [0.2, 0.25) is 0 Å². The fourth-order valence-electron chi connectivity index (χ4n) is 3.08. The largest absolute Gasteiger partial charge is 0.495 e. The summed E-state index contributed by atoms with van der Waals surface area (Å²) in [6, 6.07) is 11.2. The third-order valence-corrected chi connectivity index (χ3v) is 6.20. The average molecular weight is 402 g/mol. The summed E-state index contributed by atoms with van der Waals surface area (Å²) in [5.41, 5.74) is 2.05. The van der Waals surface area contributed by atoms with E-state index in [1.165, 1.54) is 25.3 Å². The van der Waals surface area contributed by atoms with Gasteiger partial charge in [0, 0.05) is 18.9 Å². The zero-order valence-electron chi connectivity index (χ0n) is 15.9. The number of carbonyl (C=O) groups excluding carboxylic acids is 2. The molecular formula is C20H22N2O5S. The first-order valence-corrected chi connectivity index (χ1v) is 10.3. The number of rotatable bonds is 6. The molecule has 2 aromatic carbocycles. The highest BCUT2D eigenvalue weighted by atomic mass is 32.2. The number of nitrogens with zero attached hydrogens (tertiary/aromatic N) is 1. The number of benzene rings is 2. The lowest BCUT2D eigenvalue weighted by Crippen LogP contribution is -2.30. The summed E-state index contributed by atoms with van der Waals surface area (Å²) in [6.07, 6.45) is 0.198. The maximum atomic E-state index is 12.9. The van der Waals surface area contributed by atoms with Crippen molar-refractivity contribution in [2.45, 2.75) is 37.6 Å². The number of hydrogen-bond donors (Lipinski definition) is 1. The zero-order chi connectivity index (χ0) is 20.5. The molecule has 2 amide bonds. The third-order valence-electron chi connectivity index (χ3n) is 4.66. The highest BCUT2D eigenvalue weighted by molar-refractivity contribution is 7.89. The predicted molar refractivity (Wildman–Crippen MR) is 105 cm³/mol. The standard InChI is InChI=1S/C20H22N2O5S/c1-13-4-6-15(7-5-13)14(2)21-28(25,26)16-8-9-18(27-3)17(12-16)22-19(23)10-11-20(22)24/h4-9,12,14,21H,10-11H2,1-3H3/t14-/m1/s1. The van der Waals surface area contributed by atoms with Gasteiger partial charge in [-0.1, -0.05) is 29.8 Å². The molecule has 3 rings (SSSR count). The summed E-state index contributed by atoms with van der Waals surface area (Å²) in [6.45, 7) is 3.71. The van der Waals surface area contributed by atoms with Gasteiger partial charge in [-0.25, -0.2) is 18.0 Å². The maximum Gasteiger partial charge on any atom is 0.241 e. The summed E-state index contributed by atoms with van der Waals surface area (Å²) in [5.74, 6) is -0.494. The summed E-state index contributed by atoms with van der Waals surface area (Å²) in [4.78, 5) is 25.1. The molecular weight excluding hydrogens is 380 g/mol. The number of imide groups is 1. The van der Waals surface area contributed by atoms with Crippen molar-refractivity contribution in [2.24, 2.45) is 0 Å². The lowest BCUT2D eigenvalue weighted by molar-refractivity contribution is -0.121. The normalized spacial score (nSPS) is 15.8. The molecule has 0 radical (unpaired) electrons. The molecule has 0 unspecified atom stereocenters. The van der Waals surface area contributed by atoms with Crippen molar-refractivity contribution in [1.82, 2.24) is 4.72 Å². The van der Waals surface area contributed by atoms with E-state index in [0.29, 0.717) is 0 Å². The van der Waals surface area contributed by atoms with Gasteiger partial charge in [0.25, 0.3) is 0 Å². The molecule has 0 aromatic heterocycles. The quantitative estimate of drug-likeness (QED) is 0.750. The number of aryl methyl sites for hydroxylation is 1. The number of sulfonamides is 1. The second kappa shape index (κ2) is 7.73. The molecule has 0 spiro atoms. The first-order chi connectivity index (χ1) is 13.2. The van der Waals surface area contributed by atoms with Gasteiger partial charge in [0.05, 0.1) is 17.7 Å². The molecule has 0 aliphatic carbocycles. The van der Waals surface area contributed by atoms with Crippen molar-refractivity contribution >= 4 is 27.5 Å². The van der Waals surface area contributed by atoms with E-state index in [9.17, 15) is 18.0 Å². The van der Waals surface area contributed by atoms with E-state index in [2.05, 4.69) is 4.72 Å². The topological polar surface area (TPSA) is 92.8 Å². The molecule has 1 fully saturated rings. The Labute approximate surface area is 164 Å².